The molecule has 0 heterocycles. The fourth-order valence-electron chi connectivity index (χ4n) is 3.74. The van der Waals surface area contributed by atoms with E-state index in [4.69, 9.17) is 11.6 Å². The van der Waals surface area contributed by atoms with Gasteiger partial charge < -0.3 is 10.2 Å². The number of unbranched alkanes of at least 4 members (excludes halogenated alkanes) is 12. The number of aryl methyl sites for hydroxylation is 1. The smallest absolute Gasteiger partial charge is 0.176 e. The zero-order chi connectivity index (χ0) is 19.9. The van der Waals surface area contributed by atoms with Crippen LogP contribution in [0.25, 0.3) is 0 Å². The summed E-state index contributed by atoms with van der Waals surface area (Å²) in [4.78, 5) is 0. The monoisotopic (exact) mass is 396 g/mol. The third-order valence-corrected chi connectivity index (χ3v) is 5.90. The lowest BCUT2D eigenvalue weighted by Crippen LogP contribution is -1.98. The van der Waals surface area contributed by atoms with Crippen LogP contribution in [0.1, 0.15) is 115 Å². The number of rotatable bonds is 16. The maximum atomic E-state index is 10.0. The van der Waals surface area contributed by atoms with Crippen molar-refractivity contribution in [3.05, 3.63) is 22.2 Å². The second-order valence-electron chi connectivity index (χ2n) is 7.94. The largest absolute Gasteiger partial charge is 0.504 e. The van der Waals surface area contributed by atoms with E-state index in [2.05, 4.69) is 13.8 Å². The van der Waals surface area contributed by atoms with E-state index in [1.807, 2.05) is 0 Å². The lowest BCUT2D eigenvalue weighted by molar-refractivity contribution is 0.402. The van der Waals surface area contributed by atoms with E-state index in [-0.39, 0.29) is 11.5 Å². The molecule has 0 aromatic heterocycles. The van der Waals surface area contributed by atoms with E-state index >= 15 is 0 Å². The standard InChI is InChI=1S/C24H41ClO2/c1-3-5-7-9-11-13-15-17-20-19-22(26)24(27)23(25)21(20)18-16-14-12-10-8-6-4-2/h19,26-27H,3-18H2,1-2H3. The van der Waals surface area contributed by atoms with Gasteiger partial charge in [-0.3, -0.25) is 0 Å². The zero-order valence-electron chi connectivity index (χ0n) is 17.7. The molecule has 27 heavy (non-hydrogen) atoms. The van der Waals surface area contributed by atoms with Gasteiger partial charge in [-0.25, -0.2) is 0 Å². The van der Waals surface area contributed by atoms with Crippen LogP contribution in [0.15, 0.2) is 6.07 Å². The molecule has 0 saturated heterocycles. The summed E-state index contributed by atoms with van der Waals surface area (Å²) in [6, 6.07) is 1.73. The molecule has 1 rings (SSSR count). The molecule has 0 aliphatic heterocycles. The molecule has 0 radical (unpaired) electrons. The molecule has 0 spiro atoms. The molecule has 2 N–H and O–H groups in total. The highest BCUT2D eigenvalue weighted by Gasteiger charge is 2.15. The lowest BCUT2D eigenvalue weighted by Gasteiger charge is -2.14. The first-order valence-electron chi connectivity index (χ1n) is 11.3. The zero-order valence-corrected chi connectivity index (χ0v) is 18.4. The fraction of sp³-hybridized carbons (Fsp3) is 0.750. The van der Waals surface area contributed by atoms with Crippen LogP contribution in [0.4, 0.5) is 0 Å². The highest BCUT2D eigenvalue weighted by molar-refractivity contribution is 6.33. The predicted octanol–water partition coefficient (Wildman–Crippen LogP) is 8.34. The summed E-state index contributed by atoms with van der Waals surface area (Å²) in [7, 11) is 0. The van der Waals surface area contributed by atoms with Crippen LogP contribution < -0.4 is 0 Å². The van der Waals surface area contributed by atoms with Crippen molar-refractivity contribution >= 4 is 11.6 Å². The summed E-state index contributed by atoms with van der Waals surface area (Å²) in [6.07, 6.45) is 19.6. The van der Waals surface area contributed by atoms with Crippen molar-refractivity contribution < 1.29 is 10.2 Å². The summed E-state index contributed by atoms with van der Waals surface area (Å²) >= 11 is 6.37. The van der Waals surface area contributed by atoms with Gasteiger partial charge in [-0.15, -0.1) is 0 Å². The van der Waals surface area contributed by atoms with Gasteiger partial charge >= 0.3 is 0 Å². The second kappa shape index (κ2) is 15.1. The average molecular weight is 397 g/mol. The molecule has 0 saturated carbocycles. The van der Waals surface area contributed by atoms with Crippen LogP contribution in [-0.2, 0) is 12.8 Å². The van der Waals surface area contributed by atoms with Crippen molar-refractivity contribution in [3.8, 4) is 11.5 Å². The molecule has 3 heteroatoms. The van der Waals surface area contributed by atoms with Crippen molar-refractivity contribution in [2.24, 2.45) is 0 Å². The minimum absolute atomic E-state index is 0.0822. The van der Waals surface area contributed by atoms with Crippen LogP contribution >= 0.6 is 11.6 Å². The molecule has 0 aliphatic carbocycles. The molecule has 1 aromatic rings. The SMILES string of the molecule is CCCCCCCCCc1cc(O)c(O)c(Cl)c1CCCCCCCCC. The molecule has 0 fully saturated rings. The lowest BCUT2D eigenvalue weighted by atomic mass is 9.95. The number of hydrogen-bond acceptors (Lipinski definition) is 2. The van der Waals surface area contributed by atoms with Gasteiger partial charge in [0.15, 0.2) is 11.5 Å². The van der Waals surface area contributed by atoms with Crippen molar-refractivity contribution in [2.45, 2.75) is 117 Å². The van der Waals surface area contributed by atoms with Gasteiger partial charge in [0, 0.05) is 0 Å². The molecule has 0 amide bonds. The van der Waals surface area contributed by atoms with E-state index in [1.54, 1.807) is 6.07 Å². The number of hydrogen-bond donors (Lipinski definition) is 2. The number of aromatic hydroxyl groups is 2. The van der Waals surface area contributed by atoms with Gasteiger partial charge in [0.05, 0.1) is 5.02 Å². The first-order chi connectivity index (χ1) is 13.1. The molecule has 1 aromatic carbocycles. The van der Waals surface area contributed by atoms with Gasteiger partial charge in [0.1, 0.15) is 0 Å². The van der Waals surface area contributed by atoms with E-state index in [9.17, 15) is 10.2 Å². The average Bonchev–Trinajstić information content (AvgIpc) is 2.66. The molecule has 0 aliphatic rings. The maximum absolute atomic E-state index is 10.0. The number of phenolic OH excluding ortho intramolecular Hbond substituents is 2. The Kier molecular flexibility index (Phi) is 13.5. The normalized spacial score (nSPS) is 11.2. The Morgan fingerprint density at radius 3 is 1.63 bits per heavy atom. The predicted molar refractivity (Wildman–Crippen MR) is 118 cm³/mol. The number of phenols is 2. The summed E-state index contributed by atoms with van der Waals surface area (Å²) < 4.78 is 0. The van der Waals surface area contributed by atoms with Crippen LogP contribution in [-0.4, -0.2) is 10.2 Å². The van der Waals surface area contributed by atoms with Crippen LogP contribution in [0.2, 0.25) is 5.02 Å². The summed E-state index contributed by atoms with van der Waals surface area (Å²) in [5.41, 5.74) is 2.17. The van der Waals surface area contributed by atoms with Gasteiger partial charge in [-0.05, 0) is 42.9 Å². The van der Waals surface area contributed by atoms with Crippen LogP contribution in [0.5, 0.6) is 11.5 Å². The Balaban J connectivity index is 2.48. The first kappa shape index (κ1) is 24.1. The molecular weight excluding hydrogens is 356 g/mol. The number of benzene rings is 1. The maximum Gasteiger partial charge on any atom is 0.176 e. The van der Waals surface area contributed by atoms with E-state index < -0.39 is 0 Å². The highest BCUT2D eigenvalue weighted by atomic mass is 35.5. The third kappa shape index (κ3) is 9.74. The molecule has 0 unspecified atom stereocenters. The second-order valence-corrected chi connectivity index (χ2v) is 8.32. The minimum atomic E-state index is -0.155. The van der Waals surface area contributed by atoms with Crippen molar-refractivity contribution in [1.82, 2.24) is 0 Å². The van der Waals surface area contributed by atoms with Crippen LogP contribution in [0.3, 0.4) is 0 Å². The summed E-state index contributed by atoms with van der Waals surface area (Å²) in [5, 5.41) is 20.3. The Hall–Kier alpha value is -0.890. The van der Waals surface area contributed by atoms with Gasteiger partial charge in [-0.2, -0.15) is 0 Å². The molecule has 0 bridgehead atoms. The first-order valence-corrected chi connectivity index (χ1v) is 11.7. The molecule has 156 valence electrons. The highest BCUT2D eigenvalue weighted by Crippen LogP contribution is 2.39. The molecule has 0 atom stereocenters. The van der Waals surface area contributed by atoms with Crippen molar-refractivity contribution in [1.29, 1.82) is 0 Å². The Morgan fingerprint density at radius 2 is 1.11 bits per heavy atom. The number of halogens is 1. The molecular formula is C24H41ClO2. The summed E-state index contributed by atoms with van der Waals surface area (Å²) in [6.45, 7) is 4.49. The van der Waals surface area contributed by atoms with Crippen LogP contribution in [0, 0.1) is 0 Å². The quantitative estimate of drug-likeness (QED) is 0.217. The minimum Gasteiger partial charge on any atom is -0.504 e. The van der Waals surface area contributed by atoms with Crippen molar-refractivity contribution in [3.63, 3.8) is 0 Å². The molecule has 2 nitrogen and oxygen atoms in total. The Labute approximate surface area is 172 Å². The summed E-state index contributed by atoms with van der Waals surface area (Å²) in [5.74, 6) is -0.237. The van der Waals surface area contributed by atoms with Gasteiger partial charge in [-0.1, -0.05) is 102 Å². The topological polar surface area (TPSA) is 40.5 Å². The Bertz CT molecular complexity index is 514. The van der Waals surface area contributed by atoms with Gasteiger partial charge in [0.2, 0.25) is 0 Å². The van der Waals surface area contributed by atoms with E-state index in [0.29, 0.717) is 5.02 Å². The van der Waals surface area contributed by atoms with Gasteiger partial charge in [0.25, 0.3) is 0 Å². The van der Waals surface area contributed by atoms with Crippen molar-refractivity contribution in [2.75, 3.05) is 0 Å². The third-order valence-electron chi connectivity index (χ3n) is 5.49. The Morgan fingerprint density at radius 1 is 0.667 bits per heavy atom. The fourth-order valence-corrected chi connectivity index (χ4v) is 4.05. The van der Waals surface area contributed by atoms with E-state index in [0.717, 1.165) is 36.8 Å². The van der Waals surface area contributed by atoms with E-state index in [1.165, 1.54) is 77.0 Å².